The van der Waals surface area contributed by atoms with Crippen LogP contribution in [0.25, 0.3) is 0 Å². The summed E-state index contributed by atoms with van der Waals surface area (Å²) in [5, 5.41) is 13.0. The minimum atomic E-state index is -4.46. The molecular formula is C12H11F3N4OS. The van der Waals surface area contributed by atoms with Crippen molar-refractivity contribution in [1.29, 1.82) is 0 Å². The number of nitrogens with zero attached hydrogens (tertiary/aromatic N) is 2. The summed E-state index contributed by atoms with van der Waals surface area (Å²) in [7, 11) is 1.63. The minimum absolute atomic E-state index is 0.00305. The van der Waals surface area contributed by atoms with E-state index in [-0.39, 0.29) is 17.1 Å². The van der Waals surface area contributed by atoms with Gasteiger partial charge in [-0.2, -0.15) is 13.2 Å². The normalized spacial score (nSPS) is 11.2. The number of carbonyl (C=O) groups excluding carboxylic acids is 1. The van der Waals surface area contributed by atoms with Crippen molar-refractivity contribution in [1.82, 2.24) is 15.5 Å². The minimum Gasteiger partial charge on any atom is -0.363 e. The second-order valence-electron chi connectivity index (χ2n) is 4.00. The van der Waals surface area contributed by atoms with Gasteiger partial charge in [-0.05, 0) is 11.6 Å². The van der Waals surface area contributed by atoms with Gasteiger partial charge < -0.3 is 10.6 Å². The lowest BCUT2D eigenvalue weighted by Crippen LogP contribution is -2.24. The molecular weight excluding hydrogens is 305 g/mol. The van der Waals surface area contributed by atoms with Crippen molar-refractivity contribution in [2.24, 2.45) is 0 Å². The topological polar surface area (TPSA) is 66.9 Å². The molecule has 112 valence electrons. The summed E-state index contributed by atoms with van der Waals surface area (Å²) in [5.41, 5.74) is -0.768. The molecule has 1 aromatic heterocycles. The highest BCUT2D eigenvalue weighted by molar-refractivity contribution is 7.17. The third-order valence-corrected chi connectivity index (χ3v) is 3.53. The summed E-state index contributed by atoms with van der Waals surface area (Å²) in [4.78, 5) is 11.8. The van der Waals surface area contributed by atoms with Gasteiger partial charge in [0.25, 0.3) is 5.91 Å². The number of halogens is 3. The molecule has 2 rings (SSSR count). The first kappa shape index (κ1) is 15.2. The smallest absolute Gasteiger partial charge is 0.363 e. The van der Waals surface area contributed by atoms with Crippen LogP contribution in [-0.4, -0.2) is 23.2 Å². The fourth-order valence-electron chi connectivity index (χ4n) is 1.62. The molecule has 0 aliphatic heterocycles. The number of alkyl halides is 3. The third-order valence-electron chi connectivity index (χ3n) is 2.60. The Morgan fingerprint density at radius 1 is 1.29 bits per heavy atom. The molecule has 0 spiro atoms. The monoisotopic (exact) mass is 316 g/mol. The van der Waals surface area contributed by atoms with E-state index in [4.69, 9.17) is 0 Å². The van der Waals surface area contributed by atoms with Gasteiger partial charge in [0.2, 0.25) is 10.1 Å². The Bertz CT molecular complexity index is 641. The molecule has 0 fully saturated rings. The van der Waals surface area contributed by atoms with Crippen LogP contribution in [0.2, 0.25) is 0 Å². The van der Waals surface area contributed by atoms with Crippen LogP contribution >= 0.6 is 11.3 Å². The Labute approximate surface area is 122 Å². The fourth-order valence-corrected chi connectivity index (χ4v) is 2.23. The third kappa shape index (κ3) is 3.69. The lowest BCUT2D eigenvalue weighted by Gasteiger charge is -2.12. The molecule has 0 atom stereocenters. The lowest BCUT2D eigenvalue weighted by molar-refractivity contribution is -0.138. The molecule has 2 aromatic rings. The second-order valence-corrected chi connectivity index (χ2v) is 4.98. The van der Waals surface area contributed by atoms with Gasteiger partial charge in [-0.15, -0.1) is 10.2 Å². The highest BCUT2D eigenvalue weighted by Crippen LogP contribution is 2.31. The Morgan fingerprint density at radius 3 is 2.62 bits per heavy atom. The SMILES string of the molecule is CNc1nnc(C(=O)NCc2ccccc2C(F)(F)F)s1. The molecule has 1 heterocycles. The van der Waals surface area contributed by atoms with Gasteiger partial charge in [0, 0.05) is 13.6 Å². The average Bonchev–Trinajstić information content (AvgIpc) is 2.93. The predicted molar refractivity (Wildman–Crippen MR) is 72.1 cm³/mol. The van der Waals surface area contributed by atoms with Gasteiger partial charge in [-0.1, -0.05) is 29.5 Å². The first-order chi connectivity index (χ1) is 9.91. The van der Waals surface area contributed by atoms with Gasteiger partial charge in [0.1, 0.15) is 0 Å². The summed E-state index contributed by atoms with van der Waals surface area (Å²) in [6.07, 6.45) is -4.46. The number of aromatic nitrogens is 2. The molecule has 0 aliphatic carbocycles. The summed E-state index contributed by atoms with van der Waals surface area (Å²) in [6.45, 7) is -0.233. The van der Waals surface area contributed by atoms with Crippen LogP contribution in [0.5, 0.6) is 0 Å². The van der Waals surface area contributed by atoms with Crippen LogP contribution in [0.4, 0.5) is 18.3 Å². The van der Waals surface area contributed by atoms with E-state index in [0.29, 0.717) is 5.13 Å². The Hall–Kier alpha value is -2.16. The maximum atomic E-state index is 12.8. The lowest BCUT2D eigenvalue weighted by atomic mass is 10.1. The van der Waals surface area contributed by atoms with Gasteiger partial charge in [-0.3, -0.25) is 4.79 Å². The number of amides is 1. The fraction of sp³-hybridized carbons (Fsp3) is 0.250. The number of hydrogen-bond donors (Lipinski definition) is 2. The standard InChI is InChI=1S/C12H11F3N4OS/c1-16-11-19-18-10(21-11)9(20)17-6-7-4-2-3-5-8(7)12(13,14)15/h2-5H,6H2,1H3,(H,16,19)(H,17,20). The highest BCUT2D eigenvalue weighted by Gasteiger charge is 2.32. The molecule has 2 N–H and O–H groups in total. The van der Waals surface area contributed by atoms with Gasteiger partial charge in [0.05, 0.1) is 5.56 Å². The Kier molecular flexibility index (Phi) is 4.41. The van der Waals surface area contributed by atoms with Crippen molar-refractivity contribution in [3.05, 3.63) is 40.4 Å². The molecule has 0 aliphatic rings. The van der Waals surface area contributed by atoms with Crippen molar-refractivity contribution in [2.75, 3.05) is 12.4 Å². The number of hydrogen-bond acceptors (Lipinski definition) is 5. The van der Waals surface area contributed by atoms with Crippen LogP contribution in [0, 0.1) is 0 Å². The van der Waals surface area contributed by atoms with E-state index in [1.54, 1.807) is 7.05 Å². The zero-order valence-corrected chi connectivity index (χ0v) is 11.7. The maximum Gasteiger partial charge on any atom is 0.416 e. The number of nitrogens with one attached hydrogen (secondary N) is 2. The van der Waals surface area contributed by atoms with E-state index < -0.39 is 17.6 Å². The van der Waals surface area contributed by atoms with Crippen LogP contribution in [0.15, 0.2) is 24.3 Å². The summed E-state index contributed by atoms with van der Waals surface area (Å²) < 4.78 is 38.4. The van der Waals surface area contributed by atoms with Crippen molar-refractivity contribution < 1.29 is 18.0 Å². The van der Waals surface area contributed by atoms with E-state index in [9.17, 15) is 18.0 Å². The molecule has 21 heavy (non-hydrogen) atoms. The average molecular weight is 316 g/mol. The highest BCUT2D eigenvalue weighted by atomic mass is 32.1. The molecule has 0 unspecified atom stereocenters. The van der Waals surface area contributed by atoms with Gasteiger partial charge in [-0.25, -0.2) is 0 Å². The van der Waals surface area contributed by atoms with Gasteiger partial charge >= 0.3 is 6.18 Å². The van der Waals surface area contributed by atoms with E-state index in [1.165, 1.54) is 18.2 Å². The molecule has 1 amide bonds. The van der Waals surface area contributed by atoms with Crippen molar-refractivity contribution in [3.8, 4) is 0 Å². The maximum absolute atomic E-state index is 12.8. The number of benzene rings is 1. The van der Waals surface area contributed by atoms with E-state index >= 15 is 0 Å². The first-order valence-corrected chi connectivity index (χ1v) is 6.68. The van der Waals surface area contributed by atoms with Crippen LogP contribution < -0.4 is 10.6 Å². The number of rotatable bonds is 4. The van der Waals surface area contributed by atoms with Gasteiger partial charge in [0.15, 0.2) is 0 Å². The quantitative estimate of drug-likeness (QED) is 0.909. The Morgan fingerprint density at radius 2 is 2.00 bits per heavy atom. The number of carbonyl (C=O) groups is 1. The Balaban J connectivity index is 2.08. The zero-order chi connectivity index (χ0) is 15.5. The second kappa shape index (κ2) is 6.08. The molecule has 0 saturated carbocycles. The molecule has 0 saturated heterocycles. The summed E-state index contributed by atoms with van der Waals surface area (Å²) in [5.74, 6) is -0.564. The van der Waals surface area contributed by atoms with E-state index in [2.05, 4.69) is 20.8 Å². The molecule has 9 heteroatoms. The van der Waals surface area contributed by atoms with E-state index in [0.717, 1.165) is 17.4 Å². The zero-order valence-electron chi connectivity index (χ0n) is 10.9. The van der Waals surface area contributed by atoms with Crippen molar-refractivity contribution in [2.45, 2.75) is 12.7 Å². The van der Waals surface area contributed by atoms with Crippen LogP contribution in [-0.2, 0) is 12.7 Å². The van der Waals surface area contributed by atoms with Crippen LogP contribution in [0.1, 0.15) is 20.9 Å². The summed E-state index contributed by atoms with van der Waals surface area (Å²) >= 11 is 1.02. The first-order valence-electron chi connectivity index (χ1n) is 5.86. The largest absolute Gasteiger partial charge is 0.416 e. The van der Waals surface area contributed by atoms with Crippen molar-refractivity contribution in [3.63, 3.8) is 0 Å². The molecule has 0 bridgehead atoms. The molecule has 5 nitrogen and oxygen atoms in total. The molecule has 0 radical (unpaired) electrons. The number of anilines is 1. The van der Waals surface area contributed by atoms with Crippen molar-refractivity contribution >= 4 is 22.4 Å². The predicted octanol–water partition coefficient (Wildman–Crippen LogP) is 2.53. The van der Waals surface area contributed by atoms with E-state index in [1.807, 2.05) is 0 Å². The van der Waals surface area contributed by atoms with Crippen LogP contribution in [0.3, 0.4) is 0 Å². The summed E-state index contributed by atoms with van der Waals surface area (Å²) in [6, 6.07) is 5.09. The molecule has 1 aromatic carbocycles.